The molecule has 3 aromatic rings. The highest BCUT2D eigenvalue weighted by Gasteiger charge is 2.17. The molecule has 2 aromatic carbocycles. The molecular formula is C21H24IN3O3. The fourth-order valence-electron chi connectivity index (χ4n) is 2.67. The maximum absolute atomic E-state index is 11.6. The lowest BCUT2D eigenvalue weighted by Gasteiger charge is -2.21. The number of nitrogens with zero attached hydrogens (tertiary/aromatic N) is 2. The number of ether oxygens (including phenoxy) is 2. The van der Waals surface area contributed by atoms with E-state index in [-0.39, 0.29) is 6.61 Å². The molecule has 0 atom stereocenters. The zero-order valence-corrected chi connectivity index (χ0v) is 18.6. The van der Waals surface area contributed by atoms with Crippen molar-refractivity contribution >= 4 is 45.5 Å². The smallest absolute Gasteiger partial charge is 0.432 e. The Morgan fingerprint density at radius 1 is 1.18 bits per heavy atom. The number of imidazole rings is 1. The molecule has 0 saturated heterocycles. The van der Waals surface area contributed by atoms with Crippen molar-refractivity contribution in [3.63, 3.8) is 0 Å². The predicted molar refractivity (Wildman–Crippen MR) is 120 cm³/mol. The lowest BCUT2D eigenvalue weighted by molar-refractivity contribution is -0.00588. The Labute approximate surface area is 178 Å². The minimum absolute atomic E-state index is 0.259. The van der Waals surface area contributed by atoms with Gasteiger partial charge in [0.1, 0.15) is 18.0 Å². The van der Waals surface area contributed by atoms with Crippen molar-refractivity contribution < 1.29 is 14.3 Å². The molecule has 0 spiro atoms. The van der Waals surface area contributed by atoms with E-state index in [1.165, 1.54) is 3.57 Å². The largest absolute Gasteiger partial charge is 0.508 e. The van der Waals surface area contributed by atoms with Gasteiger partial charge < -0.3 is 19.4 Å². The van der Waals surface area contributed by atoms with Gasteiger partial charge in [-0.15, -0.1) is 0 Å². The van der Waals surface area contributed by atoms with Crippen LogP contribution in [0.25, 0.3) is 22.4 Å². The van der Waals surface area contributed by atoms with Crippen molar-refractivity contribution in [2.45, 2.75) is 26.4 Å². The number of benzene rings is 2. The highest BCUT2D eigenvalue weighted by molar-refractivity contribution is 14.1. The van der Waals surface area contributed by atoms with E-state index >= 15 is 0 Å². The van der Waals surface area contributed by atoms with E-state index in [1.54, 1.807) is 0 Å². The van der Waals surface area contributed by atoms with Crippen molar-refractivity contribution in [3.8, 4) is 11.4 Å². The zero-order valence-electron chi connectivity index (χ0n) is 16.5. The van der Waals surface area contributed by atoms with Gasteiger partial charge in [0.2, 0.25) is 0 Å². The van der Waals surface area contributed by atoms with Crippen molar-refractivity contribution in [1.29, 1.82) is 0 Å². The molecule has 0 amide bonds. The molecule has 0 aliphatic carbocycles. The maximum atomic E-state index is 11.6. The number of rotatable bonds is 5. The van der Waals surface area contributed by atoms with E-state index in [4.69, 9.17) is 9.47 Å². The highest BCUT2D eigenvalue weighted by atomic mass is 127. The molecule has 1 N–H and O–H groups in total. The summed E-state index contributed by atoms with van der Waals surface area (Å²) < 4.78 is 11.4. The quantitative estimate of drug-likeness (QED) is 0.390. The van der Waals surface area contributed by atoms with Gasteiger partial charge in [-0.2, -0.15) is 0 Å². The number of aromatic amines is 1. The summed E-state index contributed by atoms with van der Waals surface area (Å²) in [6.45, 7) is 6.26. The average molecular weight is 493 g/mol. The third-order valence-electron chi connectivity index (χ3n) is 4.06. The van der Waals surface area contributed by atoms with E-state index in [9.17, 15) is 4.79 Å². The fraction of sp³-hybridized carbons (Fsp3) is 0.333. The number of hydrogen-bond donors (Lipinski definition) is 1. The molecule has 3 rings (SSSR count). The molecule has 0 saturated carbocycles. The van der Waals surface area contributed by atoms with Crippen LogP contribution in [-0.4, -0.2) is 41.9 Å². The van der Waals surface area contributed by atoms with E-state index in [2.05, 4.69) is 38.6 Å². The summed E-state index contributed by atoms with van der Waals surface area (Å²) in [7, 11) is 1.95. The molecule has 0 aliphatic rings. The van der Waals surface area contributed by atoms with Gasteiger partial charge in [-0.25, -0.2) is 9.78 Å². The first kappa shape index (κ1) is 20.4. The van der Waals surface area contributed by atoms with E-state index < -0.39 is 11.8 Å². The summed E-state index contributed by atoms with van der Waals surface area (Å²) >= 11 is 2.29. The second-order valence-electron chi connectivity index (χ2n) is 7.53. The number of hydrogen-bond acceptors (Lipinski definition) is 5. The molecule has 0 bridgehead atoms. The first-order valence-corrected chi connectivity index (χ1v) is 10.1. The summed E-state index contributed by atoms with van der Waals surface area (Å²) in [6.07, 6.45) is -0.643. The predicted octanol–water partition coefficient (Wildman–Crippen LogP) is 5.22. The second kappa shape index (κ2) is 8.38. The summed E-state index contributed by atoms with van der Waals surface area (Å²) in [5.41, 5.74) is 3.49. The van der Waals surface area contributed by atoms with Crippen molar-refractivity contribution in [1.82, 2.24) is 9.97 Å². The molecule has 28 heavy (non-hydrogen) atoms. The van der Waals surface area contributed by atoms with Crippen LogP contribution in [0.3, 0.4) is 0 Å². The third kappa shape index (κ3) is 5.37. The molecule has 148 valence electrons. The van der Waals surface area contributed by atoms with E-state index in [1.807, 2.05) is 69.1 Å². The van der Waals surface area contributed by atoms with E-state index in [0.717, 1.165) is 28.1 Å². The lowest BCUT2D eigenvalue weighted by Crippen LogP contribution is -2.28. The number of carbonyl (C=O) groups excluding carboxylic acids is 1. The van der Waals surface area contributed by atoms with Gasteiger partial charge in [-0.1, -0.05) is 0 Å². The topological polar surface area (TPSA) is 67.4 Å². The monoisotopic (exact) mass is 493 g/mol. The number of anilines is 1. The lowest BCUT2D eigenvalue weighted by atomic mass is 10.2. The van der Waals surface area contributed by atoms with Gasteiger partial charge in [-0.05, 0) is 85.8 Å². The molecule has 0 radical (unpaired) electrons. The van der Waals surface area contributed by atoms with Crippen molar-refractivity contribution in [2.24, 2.45) is 0 Å². The summed E-state index contributed by atoms with van der Waals surface area (Å²) in [4.78, 5) is 21.6. The first-order valence-electron chi connectivity index (χ1n) is 9.04. The van der Waals surface area contributed by atoms with E-state index in [0.29, 0.717) is 6.54 Å². The summed E-state index contributed by atoms with van der Waals surface area (Å²) in [5, 5.41) is 0. The van der Waals surface area contributed by atoms with Crippen molar-refractivity contribution in [3.05, 3.63) is 46.0 Å². The van der Waals surface area contributed by atoms with Gasteiger partial charge >= 0.3 is 6.16 Å². The molecule has 1 aromatic heterocycles. The molecular weight excluding hydrogens is 469 g/mol. The Bertz CT molecular complexity index is 961. The molecule has 6 nitrogen and oxygen atoms in total. The zero-order chi connectivity index (χ0) is 20.3. The fourth-order valence-corrected chi connectivity index (χ4v) is 3.16. The van der Waals surface area contributed by atoms with Gasteiger partial charge in [0.25, 0.3) is 0 Å². The number of aromatic nitrogens is 2. The number of carbonyl (C=O) groups is 1. The minimum Gasteiger partial charge on any atom is -0.432 e. The van der Waals surface area contributed by atoms with Crippen LogP contribution in [0.4, 0.5) is 10.5 Å². The van der Waals surface area contributed by atoms with Crippen LogP contribution in [0.1, 0.15) is 20.8 Å². The normalized spacial score (nSPS) is 11.5. The molecule has 1 heterocycles. The highest BCUT2D eigenvalue weighted by Crippen LogP contribution is 2.24. The Balaban J connectivity index is 1.59. The van der Waals surface area contributed by atoms with Crippen LogP contribution in [0.15, 0.2) is 42.5 Å². The third-order valence-corrected chi connectivity index (χ3v) is 4.73. The van der Waals surface area contributed by atoms with Gasteiger partial charge in [0.15, 0.2) is 0 Å². The maximum Gasteiger partial charge on any atom is 0.508 e. The molecule has 0 aliphatic heterocycles. The van der Waals surface area contributed by atoms with Crippen LogP contribution < -0.4 is 4.90 Å². The summed E-state index contributed by atoms with van der Waals surface area (Å²) in [6, 6.07) is 14.3. The van der Waals surface area contributed by atoms with Gasteiger partial charge in [-0.3, -0.25) is 0 Å². The minimum atomic E-state index is -0.643. The van der Waals surface area contributed by atoms with Crippen molar-refractivity contribution in [2.75, 3.05) is 25.1 Å². The van der Waals surface area contributed by atoms with Gasteiger partial charge in [0, 0.05) is 21.9 Å². The second-order valence-corrected chi connectivity index (χ2v) is 8.77. The standard InChI is InChI=1S/C21H24IN3O3/c1-21(2,3)28-20(26)27-12-11-25(4)16-8-5-14(6-9-16)19-23-17-10-7-15(22)13-18(17)24-19/h5-10,13H,11-12H2,1-4H3,(H,23,24). The van der Waals surface area contributed by atoms with Crippen LogP contribution in [0.5, 0.6) is 0 Å². The number of halogens is 1. The van der Waals surface area contributed by atoms with Crippen LogP contribution in [0.2, 0.25) is 0 Å². The molecule has 0 fully saturated rings. The Hall–Kier alpha value is -2.29. The number of likely N-dealkylation sites (N-methyl/N-ethyl adjacent to an activating group) is 1. The number of H-pyrrole nitrogens is 1. The van der Waals surface area contributed by atoms with Gasteiger partial charge in [0.05, 0.1) is 17.6 Å². The SMILES string of the molecule is CN(CCOC(=O)OC(C)(C)C)c1ccc(-c2nc3ccc(I)cc3[nH]2)cc1. The number of fused-ring (bicyclic) bond motifs is 1. The Morgan fingerprint density at radius 3 is 2.57 bits per heavy atom. The Morgan fingerprint density at radius 2 is 1.89 bits per heavy atom. The van der Waals surface area contributed by atoms with Crippen LogP contribution >= 0.6 is 22.6 Å². The first-order chi connectivity index (χ1) is 13.2. The Kier molecular flexibility index (Phi) is 6.12. The summed E-state index contributed by atoms with van der Waals surface area (Å²) in [5.74, 6) is 0.847. The average Bonchev–Trinajstić information content (AvgIpc) is 3.03. The molecule has 7 heteroatoms. The number of nitrogens with one attached hydrogen (secondary N) is 1. The molecule has 0 unspecified atom stereocenters. The van der Waals surface area contributed by atoms with Crippen LogP contribution in [-0.2, 0) is 9.47 Å². The van der Waals surface area contributed by atoms with Crippen LogP contribution in [0, 0.1) is 3.57 Å².